The second-order valence-corrected chi connectivity index (χ2v) is 2.54. The van der Waals surface area contributed by atoms with Crippen LogP contribution < -0.4 is 5.32 Å². The van der Waals surface area contributed by atoms with Gasteiger partial charge in [-0.15, -0.1) is 0 Å². The molecule has 14 heavy (non-hydrogen) atoms. The zero-order valence-electron chi connectivity index (χ0n) is 7.94. The van der Waals surface area contributed by atoms with E-state index in [1.807, 2.05) is 6.07 Å². The highest BCUT2D eigenvalue weighted by Crippen LogP contribution is 1.91. The topological polar surface area (TPSA) is 86.6 Å². The van der Waals surface area contributed by atoms with E-state index in [1.54, 1.807) is 37.3 Å². The van der Waals surface area contributed by atoms with Crippen LogP contribution in [0, 0.1) is 34.0 Å². The van der Waals surface area contributed by atoms with Crippen LogP contribution in [0.5, 0.6) is 0 Å². The molecule has 0 amide bonds. The van der Waals surface area contributed by atoms with Gasteiger partial charge in [-0.3, -0.25) is 0 Å². The molecule has 1 N–H and O–H groups in total. The molecule has 0 bridgehead atoms. The normalized spacial score (nSPS) is 8.93. The van der Waals surface area contributed by atoms with Gasteiger partial charge < -0.3 is 10.2 Å². The maximum Gasteiger partial charge on any atom is 0.145 e. The first kappa shape index (κ1) is 11.6. The minimum Gasteiger partial charge on any atom is -0.381 e. The van der Waals surface area contributed by atoms with E-state index < -0.39 is 0 Å². The highest BCUT2D eigenvalue weighted by Gasteiger charge is 1.94. The summed E-state index contributed by atoms with van der Waals surface area (Å²) >= 11 is 0. The van der Waals surface area contributed by atoms with Crippen LogP contribution in [0.25, 0.3) is 0 Å². The largest absolute Gasteiger partial charge is 0.381 e. The standard InChI is InChI=1S/C9H9N5/c1-14(2)7-9(5-12)13-6-8(3-10)4-11/h6-7,13H,1-2H3/b9-7+. The monoisotopic (exact) mass is 187 g/mol. The molecule has 5 heteroatoms. The minimum absolute atomic E-state index is 0.0788. The summed E-state index contributed by atoms with van der Waals surface area (Å²) in [4.78, 5) is 1.68. The van der Waals surface area contributed by atoms with Crippen molar-refractivity contribution in [3.63, 3.8) is 0 Å². The van der Waals surface area contributed by atoms with E-state index in [-0.39, 0.29) is 11.3 Å². The molecule has 0 saturated heterocycles. The summed E-state index contributed by atoms with van der Waals surface area (Å²) < 4.78 is 0. The average Bonchev–Trinajstić information content (AvgIpc) is 2.17. The van der Waals surface area contributed by atoms with E-state index in [4.69, 9.17) is 15.8 Å². The Morgan fingerprint density at radius 3 is 2.07 bits per heavy atom. The molecular formula is C9H9N5. The molecule has 0 aliphatic rings. The smallest absolute Gasteiger partial charge is 0.145 e. The summed E-state index contributed by atoms with van der Waals surface area (Å²) in [6.45, 7) is 0. The van der Waals surface area contributed by atoms with Crippen molar-refractivity contribution in [3.05, 3.63) is 23.7 Å². The molecule has 0 aromatic carbocycles. The van der Waals surface area contributed by atoms with Crippen molar-refractivity contribution < 1.29 is 0 Å². The van der Waals surface area contributed by atoms with E-state index in [2.05, 4.69) is 5.32 Å². The number of hydrogen-bond acceptors (Lipinski definition) is 5. The Balaban J connectivity index is 4.56. The van der Waals surface area contributed by atoms with E-state index in [1.165, 1.54) is 6.20 Å². The summed E-state index contributed by atoms with van der Waals surface area (Å²) in [6, 6.07) is 5.23. The zero-order valence-corrected chi connectivity index (χ0v) is 7.94. The third-order valence-electron chi connectivity index (χ3n) is 1.12. The van der Waals surface area contributed by atoms with Crippen molar-refractivity contribution in [2.24, 2.45) is 0 Å². The first-order chi connectivity index (χ1) is 6.63. The number of rotatable bonds is 3. The maximum atomic E-state index is 8.63. The third-order valence-corrected chi connectivity index (χ3v) is 1.12. The van der Waals surface area contributed by atoms with E-state index in [0.717, 1.165) is 0 Å². The van der Waals surface area contributed by atoms with E-state index in [9.17, 15) is 0 Å². The van der Waals surface area contributed by atoms with Gasteiger partial charge in [-0.2, -0.15) is 15.8 Å². The fourth-order valence-electron chi connectivity index (χ4n) is 0.596. The lowest BCUT2D eigenvalue weighted by Gasteiger charge is -2.05. The Labute approximate surface area is 82.8 Å². The van der Waals surface area contributed by atoms with E-state index in [0.29, 0.717) is 0 Å². The summed E-state index contributed by atoms with van der Waals surface area (Å²) in [5, 5.41) is 28.0. The van der Waals surface area contributed by atoms with Gasteiger partial charge in [0.05, 0.1) is 0 Å². The van der Waals surface area contributed by atoms with Crippen molar-refractivity contribution in [1.82, 2.24) is 10.2 Å². The van der Waals surface area contributed by atoms with Crippen LogP contribution in [0.1, 0.15) is 0 Å². The number of nitrogens with one attached hydrogen (secondary N) is 1. The predicted molar refractivity (Wildman–Crippen MR) is 49.8 cm³/mol. The maximum absolute atomic E-state index is 8.63. The van der Waals surface area contributed by atoms with Crippen LogP contribution in [0.2, 0.25) is 0 Å². The molecule has 0 spiro atoms. The number of allylic oxidation sites excluding steroid dienone is 2. The van der Waals surface area contributed by atoms with Crippen LogP contribution in [-0.2, 0) is 0 Å². The molecule has 0 radical (unpaired) electrons. The molecule has 0 aliphatic carbocycles. The van der Waals surface area contributed by atoms with Gasteiger partial charge in [0.2, 0.25) is 0 Å². The molecule has 0 rings (SSSR count). The number of nitriles is 3. The fraction of sp³-hybridized carbons (Fsp3) is 0.222. The molecular weight excluding hydrogens is 178 g/mol. The average molecular weight is 187 g/mol. The van der Waals surface area contributed by atoms with Crippen LogP contribution in [0.4, 0.5) is 0 Å². The van der Waals surface area contributed by atoms with Gasteiger partial charge >= 0.3 is 0 Å². The quantitative estimate of drug-likeness (QED) is 0.647. The Hall–Kier alpha value is -2.45. The molecule has 0 saturated carbocycles. The minimum atomic E-state index is -0.0788. The van der Waals surface area contributed by atoms with Gasteiger partial charge in [0.15, 0.2) is 0 Å². The molecule has 0 unspecified atom stereocenters. The zero-order chi connectivity index (χ0) is 11.0. The molecule has 0 fully saturated rings. The predicted octanol–water partition coefficient (Wildman–Crippen LogP) is 0.434. The van der Waals surface area contributed by atoms with Crippen LogP contribution in [-0.4, -0.2) is 19.0 Å². The summed E-state index contributed by atoms with van der Waals surface area (Å²) in [5.41, 5.74) is 0.183. The molecule has 70 valence electrons. The fourth-order valence-corrected chi connectivity index (χ4v) is 0.596. The molecule has 0 atom stereocenters. The van der Waals surface area contributed by atoms with Gasteiger partial charge in [-0.05, 0) is 0 Å². The first-order valence-corrected chi connectivity index (χ1v) is 3.69. The van der Waals surface area contributed by atoms with Crippen molar-refractivity contribution in [2.45, 2.75) is 0 Å². The molecule has 0 aromatic rings. The summed E-state index contributed by atoms with van der Waals surface area (Å²) in [6.07, 6.45) is 2.74. The lowest BCUT2D eigenvalue weighted by molar-refractivity contribution is 0.557. The summed E-state index contributed by atoms with van der Waals surface area (Å²) in [7, 11) is 3.52. The highest BCUT2D eigenvalue weighted by molar-refractivity contribution is 5.36. The Morgan fingerprint density at radius 1 is 1.14 bits per heavy atom. The Kier molecular flexibility index (Phi) is 5.04. The van der Waals surface area contributed by atoms with Gasteiger partial charge in [0.25, 0.3) is 0 Å². The van der Waals surface area contributed by atoms with Gasteiger partial charge in [-0.1, -0.05) is 0 Å². The van der Waals surface area contributed by atoms with Crippen molar-refractivity contribution in [3.8, 4) is 18.2 Å². The van der Waals surface area contributed by atoms with Crippen LogP contribution in [0.3, 0.4) is 0 Å². The second-order valence-electron chi connectivity index (χ2n) is 2.54. The van der Waals surface area contributed by atoms with Crippen LogP contribution >= 0.6 is 0 Å². The third kappa shape index (κ3) is 4.43. The highest BCUT2D eigenvalue weighted by atomic mass is 15.0. The second kappa shape index (κ2) is 6.11. The summed E-state index contributed by atoms with van der Waals surface area (Å²) in [5.74, 6) is 0. The first-order valence-electron chi connectivity index (χ1n) is 3.69. The molecule has 0 aromatic heterocycles. The van der Waals surface area contributed by atoms with Crippen LogP contribution in [0.15, 0.2) is 23.7 Å². The lowest BCUT2D eigenvalue weighted by Crippen LogP contribution is -2.10. The Bertz CT molecular complexity index is 353. The van der Waals surface area contributed by atoms with Gasteiger partial charge in [0, 0.05) is 26.5 Å². The molecule has 0 heterocycles. The lowest BCUT2D eigenvalue weighted by atomic mass is 10.3. The van der Waals surface area contributed by atoms with E-state index >= 15 is 0 Å². The molecule has 5 nitrogen and oxygen atoms in total. The van der Waals surface area contributed by atoms with Crippen molar-refractivity contribution in [2.75, 3.05) is 14.1 Å². The Morgan fingerprint density at radius 2 is 1.71 bits per heavy atom. The van der Waals surface area contributed by atoms with Gasteiger partial charge in [-0.25, -0.2) is 0 Å². The SMILES string of the molecule is CN(C)/C=C(\C#N)NC=C(C#N)C#N. The number of nitrogens with zero attached hydrogens (tertiary/aromatic N) is 4. The van der Waals surface area contributed by atoms with Gasteiger partial charge in [0.1, 0.15) is 29.5 Å². The number of hydrogen-bond donors (Lipinski definition) is 1. The van der Waals surface area contributed by atoms with Crippen molar-refractivity contribution in [1.29, 1.82) is 15.8 Å². The van der Waals surface area contributed by atoms with Crippen molar-refractivity contribution >= 4 is 0 Å². The molecule has 0 aliphatic heterocycles.